The van der Waals surface area contributed by atoms with Crippen LogP contribution in [0.2, 0.25) is 0 Å². The number of carbonyl (C=O) groups is 1. The number of hydrogen-bond acceptors (Lipinski definition) is 3. The second-order valence-electron chi connectivity index (χ2n) is 5.29. The molecule has 0 saturated carbocycles. The Morgan fingerprint density at radius 2 is 2.10 bits per heavy atom. The van der Waals surface area contributed by atoms with Crippen molar-refractivity contribution in [2.24, 2.45) is 0 Å². The molecule has 0 aliphatic carbocycles. The zero-order valence-corrected chi connectivity index (χ0v) is 13.1. The van der Waals surface area contributed by atoms with E-state index in [0.29, 0.717) is 6.54 Å². The van der Waals surface area contributed by atoms with Crippen LogP contribution in [0.15, 0.2) is 43.0 Å². The Bertz CT molecular complexity index is 419. The third-order valence-corrected chi connectivity index (χ3v) is 3.28. The fourth-order valence-corrected chi connectivity index (χ4v) is 2.06. The maximum absolute atomic E-state index is 11.6. The number of benzene rings is 1. The first-order valence-corrected chi connectivity index (χ1v) is 7.48. The molecule has 0 aliphatic rings. The van der Waals surface area contributed by atoms with E-state index in [0.717, 1.165) is 26.1 Å². The monoisotopic (exact) mass is 289 g/mol. The van der Waals surface area contributed by atoms with Crippen molar-refractivity contribution in [3.63, 3.8) is 0 Å². The molecule has 0 aliphatic heterocycles. The van der Waals surface area contributed by atoms with Crippen molar-refractivity contribution in [1.82, 2.24) is 15.5 Å². The summed E-state index contributed by atoms with van der Waals surface area (Å²) in [6.07, 6.45) is 2.70. The second-order valence-corrected chi connectivity index (χ2v) is 5.29. The van der Waals surface area contributed by atoms with Crippen LogP contribution in [0.25, 0.3) is 0 Å². The van der Waals surface area contributed by atoms with E-state index in [1.807, 2.05) is 13.0 Å². The molecule has 0 aromatic heterocycles. The van der Waals surface area contributed by atoms with Gasteiger partial charge in [-0.1, -0.05) is 36.4 Å². The van der Waals surface area contributed by atoms with Crippen molar-refractivity contribution in [3.05, 3.63) is 48.6 Å². The SMILES string of the molecule is C=CCNC(=O)C(C)NCCCN(C)Cc1ccccc1. The normalized spacial score (nSPS) is 12.1. The van der Waals surface area contributed by atoms with Gasteiger partial charge in [-0.25, -0.2) is 0 Å². The maximum atomic E-state index is 11.6. The smallest absolute Gasteiger partial charge is 0.237 e. The van der Waals surface area contributed by atoms with Crippen LogP contribution in [-0.4, -0.2) is 43.5 Å². The zero-order chi connectivity index (χ0) is 15.5. The molecule has 1 atom stereocenters. The van der Waals surface area contributed by atoms with Crippen LogP contribution in [0.5, 0.6) is 0 Å². The Hall–Kier alpha value is -1.65. The van der Waals surface area contributed by atoms with E-state index < -0.39 is 0 Å². The highest BCUT2D eigenvalue weighted by atomic mass is 16.2. The summed E-state index contributed by atoms with van der Waals surface area (Å²) >= 11 is 0. The lowest BCUT2D eigenvalue weighted by atomic mass is 10.2. The van der Waals surface area contributed by atoms with Crippen LogP contribution < -0.4 is 10.6 Å². The average Bonchev–Trinajstić information content (AvgIpc) is 2.49. The summed E-state index contributed by atoms with van der Waals surface area (Å²) in [5, 5.41) is 6.02. The van der Waals surface area contributed by atoms with Gasteiger partial charge < -0.3 is 15.5 Å². The molecule has 0 heterocycles. The van der Waals surface area contributed by atoms with Gasteiger partial charge in [0.05, 0.1) is 6.04 Å². The standard InChI is InChI=1S/C17H27N3O/c1-4-11-19-17(21)15(2)18-12-8-13-20(3)14-16-9-6-5-7-10-16/h4-7,9-10,15,18H,1,8,11-14H2,2-3H3,(H,19,21). The van der Waals surface area contributed by atoms with Gasteiger partial charge in [0.1, 0.15) is 0 Å². The second kappa shape index (κ2) is 10.1. The molecule has 1 aromatic rings. The Balaban J connectivity index is 2.13. The lowest BCUT2D eigenvalue weighted by molar-refractivity contribution is -0.122. The minimum Gasteiger partial charge on any atom is -0.351 e. The Labute approximate surface area is 128 Å². The summed E-state index contributed by atoms with van der Waals surface area (Å²) in [4.78, 5) is 13.9. The van der Waals surface area contributed by atoms with E-state index in [1.165, 1.54) is 5.56 Å². The summed E-state index contributed by atoms with van der Waals surface area (Å²) in [6, 6.07) is 10.3. The Morgan fingerprint density at radius 3 is 2.76 bits per heavy atom. The average molecular weight is 289 g/mol. The molecule has 4 heteroatoms. The lowest BCUT2D eigenvalue weighted by Gasteiger charge is -2.18. The maximum Gasteiger partial charge on any atom is 0.237 e. The zero-order valence-electron chi connectivity index (χ0n) is 13.1. The molecule has 1 unspecified atom stereocenters. The Kier molecular flexibility index (Phi) is 8.40. The van der Waals surface area contributed by atoms with Crippen LogP contribution >= 0.6 is 0 Å². The summed E-state index contributed by atoms with van der Waals surface area (Å²) in [7, 11) is 2.12. The van der Waals surface area contributed by atoms with Crippen LogP contribution in [0.4, 0.5) is 0 Å². The lowest BCUT2D eigenvalue weighted by Crippen LogP contribution is -2.42. The quantitative estimate of drug-likeness (QED) is 0.510. The van der Waals surface area contributed by atoms with Gasteiger partial charge in [0.25, 0.3) is 0 Å². The van der Waals surface area contributed by atoms with Gasteiger partial charge in [-0.2, -0.15) is 0 Å². The highest BCUT2D eigenvalue weighted by molar-refractivity contribution is 5.81. The molecule has 0 bridgehead atoms. The molecule has 1 rings (SSSR count). The molecular formula is C17H27N3O. The molecule has 4 nitrogen and oxygen atoms in total. The minimum atomic E-state index is -0.163. The van der Waals surface area contributed by atoms with E-state index in [1.54, 1.807) is 6.08 Å². The van der Waals surface area contributed by atoms with Gasteiger partial charge in [-0.15, -0.1) is 6.58 Å². The van der Waals surface area contributed by atoms with Gasteiger partial charge >= 0.3 is 0 Å². The molecule has 2 N–H and O–H groups in total. The van der Waals surface area contributed by atoms with Crippen molar-refractivity contribution in [1.29, 1.82) is 0 Å². The number of rotatable bonds is 10. The number of amides is 1. The predicted octanol–water partition coefficient (Wildman–Crippen LogP) is 1.79. The third-order valence-electron chi connectivity index (χ3n) is 3.28. The van der Waals surface area contributed by atoms with Crippen LogP contribution in [-0.2, 0) is 11.3 Å². The molecule has 0 spiro atoms. The first-order chi connectivity index (χ1) is 10.1. The molecule has 116 valence electrons. The molecule has 1 amide bonds. The van der Waals surface area contributed by atoms with Crippen molar-refractivity contribution in [2.75, 3.05) is 26.7 Å². The van der Waals surface area contributed by atoms with Gasteiger partial charge in [0.2, 0.25) is 5.91 Å². The molecule has 0 fully saturated rings. The van der Waals surface area contributed by atoms with Crippen molar-refractivity contribution < 1.29 is 4.79 Å². The van der Waals surface area contributed by atoms with Gasteiger partial charge in [-0.05, 0) is 39.0 Å². The summed E-state index contributed by atoms with van der Waals surface area (Å²) in [6.45, 7) is 8.77. The van der Waals surface area contributed by atoms with Crippen LogP contribution in [0, 0.1) is 0 Å². The summed E-state index contributed by atoms with van der Waals surface area (Å²) in [5.74, 6) is 0.0209. The van der Waals surface area contributed by atoms with Crippen LogP contribution in [0.1, 0.15) is 18.9 Å². The third kappa shape index (κ3) is 7.63. The fraction of sp³-hybridized carbons (Fsp3) is 0.471. The number of hydrogen-bond donors (Lipinski definition) is 2. The van der Waals surface area contributed by atoms with Gasteiger partial charge in [0.15, 0.2) is 0 Å². The number of carbonyl (C=O) groups excluding carboxylic acids is 1. The van der Waals surface area contributed by atoms with E-state index in [-0.39, 0.29) is 11.9 Å². The van der Waals surface area contributed by atoms with Crippen molar-refractivity contribution in [3.8, 4) is 0 Å². The summed E-state index contributed by atoms with van der Waals surface area (Å²) < 4.78 is 0. The predicted molar refractivity (Wildman–Crippen MR) is 88.1 cm³/mol. The highest BCUT2D eigenvalue weighted by Gasteiger charge is 2.10. The van der Waals surface area contributed by atoms with E-state index in [2.05, 4.69) is 53.4 Å². The first kappa shape index (κ1) is 17.4. The van der Waals surface area contributed by atoms with E-state index in [4.69, 9.17) is 0 Å². The molecule has 0 radical (unpaired) electrons. The highest BCUT2D eigenvalue weighted by Crippen LogP contribution is 2.02. The number of nitrogens with one attached hydrogen (secondary N) is 2. The minimum absolute atomic E-state index is 0.0209. The van der Waals surface area contributed by atoms with Crippen molar-refractivity contribution in [2.45, 2.75) is 25.9 Å². The largest absolute Gasteiger partial charge is 0.351 e. The molecular weight excluding hydrogens is 262 g/mol. The fourth-order valence-electron chi connectivity index (χ4n) is 2.06. The molecule has 21 heavy (non-hydrogen) atoms. The van der Waals surface area contributed by atoms with Crippen molar-refractivity contribution >= 4 is 5.91 Å². The van der Waals surface area contributed by atoms with E-state index >= 15 is 0 Å². The molecule has 1 aromatic carbocycles. The molecule has 0 saturated heterocycles. The number of nitrogens with zero attached hydrogens (tertiary/aromatic N) is 1. The summed E-state index contributed by atoms with van der Waals surface area (Å²) in [5.41, 5.74) is 1.32. The Morgan fingerprint density at radius 1 is 1.38 bits per heavy atom. The first-order valence-electron chi connectivity index (χ1n) is 7.48. The topological polar surface area (TPSA) is 44.4 Å². The van der Waals surface area contributed by atoms with Gasteiger partial charge in [-0.3, -0.25) is 4.79 Å². The van der Waals surface area contributed by atoms with E-state index in [9.17, 15) is 4.79 Å². The van der Waals surface area contributed by atoms with Crippen LogP contribution in [0.3, 0.4) is 0 Å². The van der Waals surface area contributed by atoms with Gasteiger partial charge in [0, 0.05) is 13.1 Å².